The molecular formula is C33H47F. The monoisotopic (exact) mass is 462 g/mol. The van der Waals surface area contributed by atoms with Crippen molar-refractivity contribution in [2.24, 2.45) is 23.7 Å². The van der Waals surface area contributed by atoms with Crippen molar-refractivity contribution in [3.05, 3.63) is 59.9 Å². The van der Waals surface area contributed by atoms with Gasteiger partial charge in [-0.25, -0.2) is 4.39 Å². The molecule has 2 fully saturated rings. The fourth-order valence-electron chi connectivity index (χ4n) is 6.94. The molecule has 0 aromatic heterocycles. The van der Waals surface area contributed by atoms with Gasteiger partial charge < -0.3 is 0 Å². The third kappa shape index (κ3) is 6.73. The van der Waals surface area contributed by atoms with Gasteiger partial charge in [0, 0.05) is 5.39 Å². The lowest BCUT2D eigenvalue weighted by Gasteiger charge is -2.38. The average molecular weight is 463 g/mol. The number of rotatable bonds is 11. The molecule has 2 saturated carbocycles. The third-order valence-corrected chi connectivity index (χ3v) is 9.22. The van der Waals surface area contributed by atoms with Crippen LogP contribution in [0.4, 0.5) is 4.39 Å². The van der Waals surface area contributed by atoms with Gasteiger partial charge in [-0.3, -0.25) is 0 Å². The van der Waals surface area contributed by atoms with Crippen molar-refractivity contribution in [3.8, 4) is 0 Å². The Morgan fingerprint density at radius 3 is 2.15 bits per heavy atom. The topological polar surface area (TPSA) is 0 Å². The van der Waals surface area contributed by atoms with Gasteiger partial charge in [0.2, 0.25) is 0 Å². The molecule has 0 unspecified atom stereocenters. The van der Waals surface area contributed by atoms with Crippen LogP contribution in [0.2, 0.25) is 0 Å². The van der Waals surface area contributed by atoms with Gasteiger partial charge in [-0.2, -0.15) is 0 Å². The molecule has 2 aliphatic carbocycles. The SMILES string of the molecule is C=CCCc1ccc2cc(CCC3CCC(C4CCC(CCCCC)CC4)CC3)ccc2c1F. The van der Waals surface area contributed by atoms with Gasteiger partial charge in [-0.1, -0.05) is 94.7 Å². The van der Waals surface area contributed by atoms with Crippen molar-refractivity contribution >= 4 is 10.8 Å². The van der Waals surface area contributed by atoms with E-state index in [-0.39, 0.29) is 5.82 Å². The number of halogens is 1. The van der Waals surface area contributed by atoms with Crippen LogP contribution in [0.5, 0.6) is 0 Å². The minimum Gasteiger partial charge on any atom is -0.206 e. The Morgan fingerprint density at radius 1 is 0.824 bits per heavy atom. The largest absolute Gasteiger partial charge is 0.206 e. The second-order valence-electron chi connectivity index (χ2n) is 11.5. The summed E-state index contributed by atoms with van der Waals surface area (Å²) in [6.07, 6.45) is 23.4. The molecule has 2 aromatic rings. The van der Waals surface area contributed by atoms with Gasteiger partial charge in [0.05, 0.1) is 0 Å². The molecule has 0 aliphatic heterocycles. The first-order valence-electron chi connectivity index (χ1n) is 14.5. The number of benzene rings is 2. The Labute approximate surface area is 208 Å². The van der Waals surface area contributed by atoms with Crippen molar-refractivity contribution < 1.29 is 4.39 Å². The lowest BCUT2D eigenvalue weighted by Crippen LogP contribution is -2.26. The van der Waals surface area contributed by atoms with E-state index in [2.05, 4.69) is 31.7 Å². The predicted octanol–water partition coefficient (Wildman–Crippen LogP) is 10.2. The van der Waals surface area contributed by atoms with Crippen molar-refractivity contribution in [1.29, 1.82) is 0 Å². The lowest BCUT2D eigenvalue weighted by molar-refractivity contribution is 0.140. The summed E-state index contributed by atoms with van der Waals surface area (Å²) in [5.41, 5.74) is 2.18. The van der Waals surface area contributed by atoms with Crippen LogP contribution in [-0.2, 0) is 12.8 Å². The molecule has 0 heterocycles. The molecule has 0 amide bonds. The maximum atomic E-state index is 14.8. The Balaban J connectivity index is 1.21. The number of hydrogen-bond donors (Lipinski definition) is 0. The molecular weight excluding hydrogens is 415 g/mol. The summed E-state index contributed by atoms with van der Waals surface area (Å²) in [5, 5.41) is 1.82. The minimum atomic E-state index is -0.0424. The molecule has 186 valence electrons. The van der Waals surface area contributed by atoms with Gasteiger partial charge >= 0.3 is 0 Å². The summed E-state index contributed by atoms with van der Waals surface area (Å²) in [6.45, 7) is 6.07. The highest BCUT2D eigenvalue weighted by molar-refractivity contribution is 5.84. The number of aryl methyl sites for hydroxylation is 2. The fraction of sp³-hybridized carbons (Fsp3) is 0.636. The Hall–Kier alpha value is -1.63. The van der Waals surface area contributed by atoms with E-state index in [0.717, 1.165) is 59.3 Å². The summed E-state index contributed by atoms with van der Waals surface area (Å²) in [4.78, 5) is 0. The van der Waals surface area contributed by atoms with Gasteiger partial charge in [0.1, 0.15) is 5.82 Å². The minimum absolute atomic E-state index is 0.0424. The molecule has 0 N–H and O–H groups in total. The van der Waals surface area contributed by atoms with Crippen LogP contribution >= 0.6 is 0 Å². The smallest absolute Gasteiger partial charge is 0.134 e. The molecule has 0 spiro atoms. The highest BCUT2D eigenvalue weighted by atomic mass is 19.1. The van der Waals surface area contributed by atoms with E-state index in [0.29, 0.717) is 0 Å². The summed E-state index contributed by atoms with van der Waals surface area (Å²) < 4.78 is 14.8. The molecule has 0 saturated heterocycles. The van der Waals surface area contributed by atoms with E-state index in [1.165, 1.54) is 89.0 Å². The van der Waals surface area contributed by atoms with Crippen LogP contribution in [0.15, 0.2) is 43.0 Å². The Kier molecular flexibility index (Phi) is 9.66. The van der Waals surface area contributed by atoms with E-state index >= 15 is 0 Å². The highest BCUT2D eigenvalue weighted by Gasteiger charge is 2.30. The zero-order valence-corrected chi connectivity index (χ0v) is 21.7. The van der Waals surface area contributed by atoms with Crippen molar-refractivity contribution in [2.45, 2.75) is 110 Å². The molecule has 0 radical (unpaired) electrons. The number of fused-ring (bicyclic) bond motifs is 1. The first-order chi connectivity index (χ1) is 16.7. The van der Waals surface area contributed by atoms with Crippen LogP contribution in [0, 0.1) is 29.5 Å². The summed E-state index contributed by atoms with van der Waals surface area (Å²) in [5.74, 6) is 3.91. The molecule has 34 heavy (non-hydrogen) atoms. The Morgan fingerprint density at radius 2 is 1.50 bits per heavy atom. The van der Waals surface area contributed by atoms with Gasteiger partial charge in [-0.05, 0) is 91.6 Å². The first kappa shape index (κ1) is 25.5. The number of hydrogen-bond acceptors (Lipinski definition) is 0. The summed E-state index contributed by atoms with van der Waals surface area (Å²) in [7, 11) is 0. The average Bonchev–Trinajstić information content (AvgIpc) is 2.88. The van der Waals surface area contributed by atoms with Crippen LogP contribution in [0.3, 0.4) is 0 Å². The van der Waals surface area contributed by atoms with Gasteiger partial charge in [-0.15, -0.1) is 6.58 Å². The standard InChI is InChI=1S/C33H47F/c1-3-5-7-8-25-12-17-28(18-13-25)29-19-14-26(15-20-29)10-11-27-16-23-32-31(24-27)22-21-30(33(32)34)9-6-4-2/h4,16,21-26,28-29H,2-3,5-15,17-20H2,1H3. The molecule has 2 aromatic carbocycles. The third-order valence-electron chi connectivity index (χ3n) is 9.22. The second-order valence-corrected chi connectivity index (χ2v) is 11.5. The normalized spacial score (nSPS) is 25.5. The van der Waals surface area contributed by atoms with E-state index < -0.39 is 0 Å². The maximum absolute atomic E-state index is 14.8. The van der Waals surface area contributed by atoms with Crippen molar-refractivity contribution in [1.82, 2.24) is 0 Å². The first-order valence-corrected chi connectivity index (χ1v) is 14.5. The van der Waals surface area contributed by atoms with E-state index in [9.17, 15) is 4.39 Å². The Bertz CT molecular complexity index is 896. The number of allylic oxidation sites excluding steroid dienone is 1. The lowest BCUT2D eigenvalue weighted by atomic mass is 9.68. The van der Waals surface area contributed by atoms with E-state index in [1.807, 2.05) is 18.2 Å². The quantitative estimate of drug-likeness (QED) is 0.230. The molecule has 0 bridgehead atoms. The predicted molar refractivity (Wildman–Crippen MR) is 146 cm³/mol. The van der Waals surface area contributed by atoms with Crippen LogP contribution in [0.25, 0.3) is 10.8 Å². The summed E-state index contributed by atoms with van der Waals surface area (Å²) >= 11 is 0. The molecule has 0 nitrogen and oxygen atoms in total. The van der Waals surface area contributed by atoms with Crippen LogP contribution in [-0.4, -0.2) is 0 Å². The fourth-order valence-corrected chi connectivity index (χ4v) is 6.94. The van der Waals surface area contributed by atoms with Crippen molar-refractivity contribution in [3.63, 3.8) is 0 Å². The van der Waals surface area contributed by atoms with Crippen molar-refractivity contribution in [2.75, 3.05) is 0 Å². The zero-order valence-electron chi connectivity index (χ0n) is 21.7. The molecule has 4 rings (SSSR count). The van der Waals surface area contributed by atoms with E-state index in [4.69, 9.17) is 0 Å². The maximum Gasteiger partial charge on any atom is 0.134 e. The molecule has 0 atom stereocenters. The van der Waals surface area contributed by atoms with Crippen LogP contribution in [0.1, 0.15) is 108 Å². The second kappa shape index (κ2) is 12.9. The zero-order chi connectivity index (χ0) is 23.8. The van der Waals surface area contributed by atoms with Gasteiger partial charge in [0.15, 0.2) is 0 Å². The molecule has 1 heteroatoms. The number of unbranched alkanes of at least 4 members (excludes halogenated alkanes) is 2. The van der Waals surface area contributed by atoms with Gasteiger partial charge in [0.25, 0.3) is 0 Å². The highest BCUT2D eigenvalue weighted by Crippen LogP contribution is 2.43. The summed E-state index contributed by atoms with van der Waals surface area (Å²) in [6, 6.07) is 10.5. The molecule has 2 aliphatic rings. The van der Waals surface area contributed by atoms with E-state index in [1.54, 1.807) is 0 Å². The van der Waals surface area contributed by atoms with Crippen LogP contribution < -0.4 is 0 Å².